The van der Waals surface area contributed by atoms with Crippen LogP contribution < -0.4 is 15.8 Å². The van der Waals surface area contributed by atoms with Crippen molar-refractivity contribution in [3.05, 3.63) is 41.6 Å². The van der Waals surface area contributed by atoms with Gasteiger partial charge in [0.25, 0.3) is 5.91 Å². The average molecular weight is 632 g/mol. The molecule has 1 aromatic carbocycles. The van der Waals surface area contributed by atoms with E-state index in [1.807, 2.05) is 30.7 Å². The molecule has 2 aliphatic rings. The molecule has 5 heterocycles. The quantitative estimate of drug-likeness (QED) is 0.338. The average Bonchev–Trinajstić information content (AvgIpc) is 3.59. The number of pyridine rings is 1. The molecule has 3 N–H and O–H groups in total. The molecule has 0 saturated carbocycles. The molecule has 1 fully saturated rings. The molecule has 46 heavy (non-hydrogen) atoms. The number of nitrogens with one attached hydrogen (secondary N) is 1. The number of amides is 2. The lowest BCUT2D eigenvalue weighted by Gasteiger charge is -2.36. The summed E-state index contributed by atoms with van der Waals surface area (Å²) < 4.78 is 21.1. The summed E-state index contributed by atoms with van der Waals surface area (Å²) in [7, 11) is 6.83. The number of piperidine rings is 1. The van der Waals surface area contributed by atoms with Gasteiger partial charge in [-0.15, -0.1) is 0 Å². The Morgan fingerprint density at radius 1 is 1.00 bits per heavy atom. The lowest BCUT2D eigenvalue weighted by atomic mass is 10.0. The molecule has 2 bridgehead atoms. The summed E-state index contributed by atoms with van der Waals surface area (Å²) in [5.41, 5.74) is 10.9. The van der Waals surface area contributed by atoms with Gasteiger partial charge in [0.05, 0.1) is 36.2 Å². The first-order valence-corrected chi connectivity index (χ1v) is 16.2. The van der Waals surface area contributed by atoms with Crippen LogP contribution in [0.1, 0.15) is 67.5 Å². The van der Waals surface area contributed by atoms with E-state index < -0.39 is 6.10 Å². The molecule has 6 rings (SSSR count). The summed E-state index contributed by atoms with van der Waals surface area (Å²) in [4.78, 5) is 38.5. The maximum absolute atomic E-state index is 13.6. The summed E-state index contributed by atoms with van der Waals surface area (Å²) >= 11 is 0. The third-order valence-corrected chi connectivity index (χ3v) is 9.56. The zero-order valence-corrected chi connectivity index (χ0v) is 27.4. The van der Waals surface area contributed by atoms with Gasteiger partial charge in [-0.2, -0.15) is 0 Å². The first-order valence-electron chi connectivity index (χ1n) is 16.2. The number of nitrogens with zero attached hydrogens (tertiary/aromatic N) is 5. The molecule has 4 aromatic rings. The van der Waals surface area contributed by atoms with Crippen LogP contribution in [0, 0.1) is 0 Å². The van der Waals surface area contributed by atoms with E-state index >= 15 is 0 Å². The monoisotopic (exact) mass is 631 g/mol. The number of imidazole rings is 1. The first kappa shape index (κ1) is 32.0. The Hall–Kier alpha value is -4.00. The Labute approximate surface area is 269 Å². The zero-order chi connectivity index (χ0) is 32.5. The number of ether oxygens (including phenoxy) is 3. The van der Waals surface area contributed by atoms with Crippen LogP contribution in [0.4, 0.5) is 0 Å². The van der Waals surface area contributed by atoms with Crippen LogP contribution in [-0.4, -0.2) is 88.5 Å². The number of benzene rings is 1. The fraction of sp³-hybridized carbons (Fsp3) is 0.529. The van der Waals surface area contributed by atoms with Crippen molar-refractivity contribution >= 4 is 33.9 Å². The van der Waals surface area contributed by atoms with E-state index in [9.17, 15) is 9.59 Å². The van der Waals surface area contributed by atoms with E-state index in [0.29, 0.717) is 42.8 Å². The van der Waals surface area contributed by atoms with Crippen LogP contribution in [-0.2, 0) is 27.9 Å². The molecule has 0 radical (unpaired) electrons. The smallest absolute Gasteiger partial charge is 0.254 e. The highest BCUT2D eigenvalue weighted by atomic mass is 16.5. The van der Waals surface area contributed by atoms with Crippen molar-refractivity contribution in [1.82, 2.24) is 29.3 Å². The molecular formula is C34H45N7O5. The standard InChI is InChI=1S/C34H45N7O5/c1-20-24-12-11-21-17-26(41(31(21)37-24)14-9-7-6-8-10-28(45-4)33(42)36-20)32-38-25-16-22(18-29(46-5)30(25)39(32)2)34(43)40-15-13-27(44-3)23(35)19-40/h11-12,16-18,20,23,27-28H,6-10,13-15,19,35H2,1-5H3,(H,36,42)/t20-,23+,27-,28-/m1/s1. The topological polar surface area (TPSA) is 139 Å². The minimum absolute atomic E-state index is 0.0569. The molecule has 246 valence electrons. The number of carbonyl (C=O) groups excluding carboxylic acids is 2. The van der Waals surface area contributed by atoms with Crippen molar-refractivity contribution in [1.29, 1.82) is 0 Å². The van der Waals surface area contributed by atoms with E-state index in [1.54, 1.807) is 32.3 Å². The van der Waals surface area contributed by atoms with E-state index in [-0.39, 0.29) is 30.0 Å². The molecule has 2 amide bonds. The van der Waals surface area contributed by atoms with Gasteiger partial charge in [-0.05, 0) is 56.5 Å². The van der Waals surface area contributed by atoms with Crippen molar-refractivity contribution in [3.8, 4) is 17.3 Å². The van der Waals surface area contributed by atoms with Gasteiger partial charge < -0.3 is 39.3 Å². The predicted octanol–water partition coefficient (Wildman–Crippen LogP) is 3.94. The summed E-state index contributed by atoms with van der Waals surface area (Å²) in [5.74, 6) is 1.12. The van der Waals surface area contributed by atoms with Crippen LogP contribution in [0.25, 0.3) is 33.6 Å². The van der Waals surface area contributed by atoms with Crippen molar-refractivity contribution in [3.63, 3.8) is 0 Å². The number of likely N-dealkylation sites (tertiary alicyclic amines) is 1. The molecule has 3 aromatic heterocycles. The van der Waals surface area contributed by atoms with Crippen LogP contribution in [0.3, 0.4) is 0 Å². The zero-order valence-electron chi connectivity index (χ0n) is 27.4. The second kappa shape index (κ2) is 13.4. The molecule has 1 saturated heterocycles. The Balaban J connectivity index is 1.40. The molecular weight excluding hydrogens is 586 g/mol. The maximum Gasteiger partial charge on any atom is 0.254 e. The largest absolute Gasteiger partial charge is 0.494 e. The lowest BCUT2D eigenvalue weighted by molar-refractivity contribution is -0.132. The Morgan fingerprint density at radius 3 is 2.54 bits per heavy atom. The summed E-state index contributed by atoms with van der Waals surface area (Å²) in [6.07, 6.45) is 4.75. The van der Waals surface area contributed by atoms with E-state index in [2.05, 4.69) is 22.0 Å². The highest BCUT2D eigenvalue weighted by molar-refractivity contribution is 6.00. The number of fused-ring (bicyclic) bond motifs is 2. The number of aromatic nitrogens is 4. The molecule has 0 aliphatic carbocycles. The molecule has 12 heteroatoms. The molecule has 4 atom stereocenters. The Bertz CT molecular complexity index is 1750. The second-order valence-electron chi connectivity index (χ2n) is 12.5. The van der Waals surface area contributed by atoms with Gasteiger partial charge in [-0.3, -0.25) is 9.59 Å². The van der Waals surface area contributed by atoms with Crippen LogP contribution in [0.5, 0.6) is 5.75 Å². The summed E-state index contributed by atoms with van der Waals surface area (Å²) in [6, 6.07) is 9.25. The fourth-order valence-corrected chi connectivity index (χ4v) is 6.92. The Morgan fingerprint density at radius 2 is 1.80 bits per heavy atom. The SMILES string of the molecule is COc1cc(C(=O)N2CC[C@@H](OC)[C@@H](N)C2)cc2nc(-c3cc4ccc5nc4n3CCCCCC[C@@H](OC)C(=O)N[C@@H]5C)n(C)c12. The van der Waals surface area contributed by atoms with Gasteiger partial charge in [0.15, 0.2) is 5.82 Å². The predicted molar refractivity (Wildman–Crippen MR) is 176 cm³/mol. The number of rotatable bonds is 5. The highest BCUT2D eigenvalue weighted by Gasteiger charge is 2.31. The third-order valence-electron chi connectivity index (χ3n) is 9.56. The minimum atomic E-state index is -0.463. The molecule has 2 aliphatic heterocycles. The van der Waals surface area contributed by atoms with Gasteiger partial charge in [0.2, 0.25) is 5.91 Å². The third kappa shape index (κ3) is 5.96. The second-order valence-corrected chi connectivity index (χ2v) is 12.5. The van der Waals surface area contributed by atoms with Crippen LogP contribution in [0.15, 0.2) is 30.3 Å². The van der Waals surface area contributed by atoms with Gasteiger partial charge in [0, 0.05) is 57.9 Å². The minimum Gasteiger partial charge on any atom is -0.494 e. The van der Waals surface area contributed by atoms with Gasteiger partial charge >= 0.3 is 0 Å². The van der Waals surface area contributed by atoms with Gasteiger partial charge in [-0.25, -0.2) is 9.97 Å². The first-order chi connectivity index (χ1) is 22.2. The van der Waals surface area contributed by atoms with E-state index in [1.165, 1.54) is 0 Å². The number of carbonyl (C=O) groups is 2. The van der Waals surface area contributed by atoms with Gasteiger partial charge in [0.1, 0.15) is 23.0 Å². The highest BCUT2D eigenvalue weighted by Crippen LogP contribution is 2.35. The molecule has 12 nitrogen and oxygen atoms in total. The Kier molecular flexibility index (Phi) is 9.30. The van der Waals surface area contributed by atoms with Gasteiger partial charge in [-0.1, -0.05) is 19.3 Å². The van der Waals surface area contributed by atoms with Crippen LogP contribution >= 0.6 is 0 Å². The summed E-state index contributed by atoms with van der Waals surface area (Å²) in [6.45, 7) is 3.72. The van der Waals surface area contributed by atoms with Crippen molar-refractivity contribution in [2.24, 2.45) is 12.8 Å². The lowest BCUT2D eigenvalue weighted by Crippen LogP contribution is -2.53. The van der Waals surface area contributed by atoms with Crippen molar-refractivity contribution in [2.75, 3.05) is 34.4 Å². The number of nitrogens with two attached hydrogens (primary N) is 1. The normalized spacial score (nSPS) is 23.1. The molecule has 0 spiro atoms. The maximum atomic E-state index is 13.6. The number of hydrogen-bond donors (Lipinski definition) is 2. The number of hydrogen-bond acceptors (Lipinski definition) is 8. The summed E-state index contributed by atoms with van der Waals surface area (Å²) in [5, 5.41) is 4.08. The number of methoxy groups -OCH3 is 3. The van der Waals surface area contributed by atoms with E-state index in [0.717, 1.165) is 66.0 Å². The van der Waals surface area contributed by atoms with Crippen molar-refractivity contribution < 1.29 is 23.8 Å². The fourth-order valence-electron chi connectivity index (χ4n) is 6.92. The molecule has 0 unspecified atom stereocenters. The van der Waals surface area contributed by atoms with Crippen LogP contribution in [0.2, 0.25) is 0 Å². The van der Waals surface area contributed by atoms with Crippen molar-refractivity contribution in [2.45, 2.75) is 76.3 Å². The van der Waals surface area contributed by atoms with E-state index in [4.69, 9.17) is 29.9 Å². The number of aryl methyl sites for hydroxylation is 2.